The number of aryl methyl sites for hydroxylation is 1. The van der Waals surface area contributed by atoms with Gasteiger partial charge in [-0.05, 0) is 18.2 Å². The lowest BCUT2D eigenvalue weighted by molar-refractivity contribution is 0.0697. The molecular formula is C11H10ClN3O4S. The van der Waals surface area contributed by atoms with Crippen LogP contribution in [0.3, 0.4) is 0 Å². The Bertz CT molecular complexity index is 770. The van der Waals surface area contributed by atoms with Crippen molar-refractivity contribution in [2.24, 2.45) is 7.05 Å². The van der Waals surface area contributed by atoms with Crippen LogP contribution in [0.15, 0.2) is 35.5 Å². The van der Waals surface area contributed by atoms with Crippen LogP contribution in [0.4, 0.5) is 5.69 Å². The molecule has 2 N–H and O–H groups in total. The van der Waals surface area contributed by atoms with Crippen LogP contribution < -0.4 is 4.72 Å². The van der Waals surface area contributed by atoms with Gasteiger partial charge in [-0.2, -0.15) is 5.10 Å². The zero-order valence-corrected chi connectivity index (χ0v) is 11.8. The number of sulfonamides is 1. The molecule has 2 aromatic rings. The third kappa shape index (κ3) is 2.91. The van der Waals surface area contributed by atoms with E-state index in [4.69, 9.17) is 16.7 Å². The fourth-order valence-corrected chi connectivity index (χ4v) is 2.80. The van der Waals surface area contributed by atoms with E-state index in [1.807, 2.05) is 0 Å². The zero-order chi connectivity index (χ0) is 14.9. The Hall–Kier alpha value is -2.06. The average Bonchev–Trinajstić information content (AvgIpc) is 2.75. The van der Waals surface area contributed by atoms with E-state index in [0.29, 0.717) is 0 Å². The number of rotatable bonds is 4. The predicted octanol–water partition coefficient (Wildman–Crippen LogP) is 1.57. The van der Waals surface area contributed by atoms with Crippen molar-refractivity contribution >= 4 is 33.3 Å². The summed E-state index contributed by atoms with van der Waals surface area (Å²) in [7, 11) is -2.19. The molecule has 20 heavy (non-hydrogen) atoms. The predicted molar refractivity (Wildman–Crippen MR) is 72.4 cm³/mol. The molecule has 0 unspecified atom stereocenters. The molecule has 1 heterocycles. The second-order valence-electron chi connectivity index (χ2n) is 3.95. The fraction of sp³-hybridized carbons (Fsp3) is 0.0909. The molecule has 1 aromatic carbocycles. The minimum atomic E-state index is -3.78. The Balaban J connectivity index is 2.30. The summed E-state index contributed by atoms with van der Waals surface area (Å²) >= 11 is 5.77. The first kappa shape index (κ1) is 14.4. The van der Waals surface area contributed by atoms with E-state index in [9.17, 15) is 13.2 Å². The third-order valence-electron chi connectivity index (χ3n) is 2.44. The lowest BCUT2D eigenvalue weighted by Gasteiger charge is -2.07. The van der Waals surface area contributed by atoms with Gasteiger partial charge in [0.25, 0.3) is 10.0 Å². The van der Waals surface area contributed by atoms with Crippen LogP contribution in [-0.4, -0.2) is 29.3 Å². The van der Waals surface area contributed by atoms with Gasteiger partial charge in [0.05, 0.1) is 22.5 Å². The Morgan fingerprint density at radius 3 is 2.65 bits per heavy atom. The van der Waals surface area contributed by atoms with Gasteiger partial charge in [0.1, 0.15) is 4.90 Å². The minimum Gasteiger partial charge on any atom is -0.478 e. The lowest BCUT2D eigenvalue weighted by atomic mass is 10.2. The highest BCUT2D eigenvalue weighted by atomic mass is 35.5. The van der Waals surface area contributed by atoms with E-state index in [1.54, 1.807) is 7.05 Å². The molecular weight excluding hydrogens is 306 g/mol. The van der Waals surface area contributed by atoms with Crippen molar-refractivity contribution in [1.82, 2.24) is 9.78 Å². The normalized spacial score (nSPS) is 11.3. The molecule has 0 saturated heterocycles. The number of carbonyl (C=O) groups is 1. The maximum atomic E-state index is 12.0. The van der Waals surface area contributed by atoms with Crippen molar-refractivity contribution in [3.8, 4) is 0 Å². The summed E-state index contributed by atoms with van der Waals surface area (Å²) in [5, 5.41) is 12.6. The van der Waals surface area contributed by atoms with E-state index >= 15 is 0 Å². The summed E-state index contributed by atoms with van der Waals surface area (Å²) in [5.74, 6) is -1.18. The van der Waals surface area contributed by atoms with E-state index < -0.39 is 16.0 Å². The molecule has 0 amide bonds. The lowest BCUT2D eigenvalue weighted by Crippen LogP contribution is -2.12. The van der Waals surface area contributed by atoms with Crippen molar-refractivity contribution in [2.45, 2.75) is 4.90 Å². The maximum Gasteiger partial charge on any atom is 0.337 e. The van der Waals surface area contributed by atoms with Gasteiger partial charge in [-0.15, -0.1) is 0 Å². The number of carboxylic acid groups (broad SMARTS) is 1. The van der Waals surface area contributed by atoms with Gasteiger partial charge in [-0.1, -0.05) is 11.6 Å². The molecule has 0 saturated carbocycles. The first-order valence-electron chi connectivity index (χ1n) is 5.34. The number of anilines is 1. The van der Waals surface area contributed by atoms with Gasteiger partial charge in [-0.3, -0.25) is 9.40 Å². The second-order valence-corrected chi connectivity index (χ2v) is 6.04. The molecule has 0 aliphatic heterocycles. The number of nitrogens with one attached hydrogen (secondary N) is 1. The molecule has 0 atom stereocenters. The van der Waals surface area contributed by atoms with Crippen LogP contribution in [0.1, 0.15) is 10.4 Å². The zero-order valence-electron chi connectivity index (χ0n) is 10.2. The molecule has 9 heteroatoms. The summed E-state index contributed by atoms with van der Waals surface area (Å²) in [6.07, 6.45) is 2.55. The van der Waals surface area contributed by atoms with Crippen molar-refractivity contribution in [2.75, 3.05) is 4.72 Å². The largest absolute Gasteiger partial charge is 0.478 e. The highest BCUT2D eigenvalue weighted by Gasteiger charge is 2.17. The first-order chi connectivity index (χ1) is 9.29. The van der Waals surface area contributed by atoms with Gasteiger partial charge in [0.15, 0.2) is 0 Å². The van der Waals surface area contributed by atoms with Gasteiger partial charge >= 0.3 is 5.97 Å². The highest BCUT2D eigenvalue weighted by Crippen LogP contribution is 2.23. The Kier molecular flexibility index (Phi) is 3.69. The number of carboxylic acids is 1. The number of hydrogen-bond donors (Lipinski definition) is 2. The van der Waals surface area contributed by atoms with Gasteiger partial charge in [0.2, 0.25) is 0 Å². The molecule has 0 radical (unpaired) electrons. The summed E-state index contributed by atoms with van der Waals surface area (Å²) in [5.41, 5.74) is 0.0693. The average molecular weight is 316 g/mol. The molecule has 0 bridgehead atoms. The van der Waals surface area contributed by atoms with E-state index in [-0.39, 0.29) is 21.2 Å². The maximum absolute atomic E-state index is 12.0. The first-order valence-corrected chi connectivity index (χ1v) is 7.20. The number of nitrogens with zero attached hydrogens (tertiary/aromatic N) is 2. The number of halogens is 1. The van der Waals surface area contributed by atoms with Gasteiger partial charge in [-0.25, -0.2) is 13.2 Å². The van der Waals surface area contributed by atoms with Crippen LogP contribution in [0.25, 0.3) is 0 Å². The fourth-order valence-electron chi connectivity index (χ4n) is 1.50. The quantitative estimate of drug-likeness (QED) is 0.891. The number of aromatic nitrogens is 2. The molecule has 0 aliphatic rings. The summed E-state index contributed by atoms with van der Waals surface area (Å²) in [6, 6.07) is 3.79. The summed E-state index contributed by atoms with van der Waals surface area (Å²) in [4.78, 5) is 10.8. The third-order valence-corrected chi connectivity index (χ3v) is 4.09. The summed E-state index contributed by atoms with van der Waals surface area (Å²) < 4.78 is 27.7. The topological polar surface area (TPSA) is 101 Å². The molecule has 7 nitrogen and oxygen atoms in total. The number of benzene rings is 1. The number of aromatic carboxylic acids is 1. The van der Waals surface area contributed by atoms with Crippen LogP contribution >= 0.6 is 11.6 Å². The molecule has 0 aliphatic carbocycles. The van der Waals surface area contributed by atoms with E-state index in [1.165, 1.54) is 35.3 Å². The van der Waals surface area contributed by atoms with Gasteiger partial charge < -0.3 is 5.11 Å². The van der Waals surface area contributed by atoms with Crippen molar-refractivity contribution in [1.29, 1.82) is 0 Å². The molecule has 1 aromatic heterocycles. The Morgan fingerprint density at radius 2 is 2.15 bits per heavy atom. The standard InChI is InChI=1S/C11H10ClN3O4S/c1-15-6-8(5-13-15)20(18,19)14-7-2-3-9(11(16)17)10(12)4-7/h2-6,14H,1H3,(H,16,17). The molecule has 0 fully saturated rings. The Labute approximate surface area is 119 Å². The minimum absolute atomic E-state index is 0.00145. The Morgan fingerprint density at radius 1 is 1.45 bits per heavy atom. The highest BCUT2D eigenvalue weighted by molar-refractivity contribution is 7.92. The SMILES string of the molecule is Cn1cc(S(=O)(=O)Nc2ccc(C(=O)O)c(Cl)c2)cn1. The van der Waals surface area contributed by atoms with Crippen molar-refractivity contribution in [3.63, 3.8) is 0 Å². The summed E-state index contributed by atoms with van der Waals surface area (Å²) in [6.45, 7) is 0. The molecule has 2 rings (SSSR count). The van der Waals surface area contributed by atoms with E-state index in [2.05, 4.69) is 9.82 Å². The van der Waals surface area contributed by atoms with Crippen molar-refractivity contribution in [3.05, 3.63) is 41.2 Å². The van der Waals surface area contributed by atoms with E-state index in [0.717, 1.165) is 0 Å². The number of hydrogen-bond acceptors (Lipinski definition) is 4. The van der Waals surface area contributed by atoms with Gasteiger partial charge in [0, 0.05) is 13.2 Å². The van der Waals surface area contributed by atoms with Crippen LogP contribution in [0, 0.1) is 0 Å². The van der Waals surface area contributed by atoms with Crippen LogP contribution in [0.5, 0.6) is 0 Å². The smallest absolute Gasteiger partial charge is 0.337 e. The van der Waals surface area contributed by atoms with Crippen molar-refractivity contribution < 1.29 is 18.3 Å². The monoisotopic (exact) mass is 315 g/mol. The molecule has 106 valence electrons. The van der Waals surface area contributed by atoms with Crippen LogP contribution in [-0.2, 0) is 17.1 Å². The molecule has 0 spiro atoms. The second kappa shape index (κ2) is 5.14. The van der Waals surface area contributed by atoms with Crippen LogP contribution in [0.2, 0.25) is 5.02 Å².